The molecular formula is C12H26N2O3S. The summed E-state index contributed by atoms with van der Waals surface area (Å²) in [6.45, 7) is 4.57. The van der Waals surface area contributed by atoms with Gasteiger partial charge >= 0.3 is 0 Å². The molecule has 1 aliphatic carbocycles. The molecule has 0 heterocycles. The van der Waals surface area contributed by atoms with Gasteiger partial charge in [0.1, 0.15) is 9.84 Å². The summed E-state index contributed by atoms with van der Waals surface area (Å²) in [7, 11) is -2.95. The van der Waals surface area contributed by atoms with Crippen LogP contribution < -0.4 is 11.3 Å². The summed E-state index contributed by atoms with van der Waals surface area (Å²) < 4.78 is 28.9. The summed E-state index contributed by atoms with van der Waals surface area (Å²) in [6, 6.07) is 0.0227. The van der Waals surface area contributed by atoms with Crippen LogP contribution in [0.5, 0.6) is 0 Å². The van der Waals surface area contributed by atoms with Gasteiger partial charge in [0, 0.05) is 18.9 Å². The molecule has 4 atom stereocenters. The van der Waals surface area contributed by atoms with E-state index in [0.717, 1.165) is 19.3 Å². The van der Waals surface area contributed by atoms with Gasteiger partial charge in [-0.2, -0.15) is 0 Å². The van der Waals surface area contributed by atoms with E-state index in [0.29, 0.717) is 13.0 Å². The Balaban J connectivity index is 2.69. The molecule has 1 aliphatic rings. The first kappa shape index (κ1) is 15.9. The number of nitrogens with two attached hydrogens (primary N) is 1. The minimum Gasteiger partial charge on any atom is -0.377 e. The van der Waals surface area contributed by atoms with E-state index < -0.39 is 9.84 Å². The standard InChI is InChI=1S/C12H26N2O3S/c1-4-17-9(2)12(14-13)10-6-5-7-11(8-10)18(3,15)16/h9-12,14H,4-8,13H2,1-3H3. The fourth-order valence-corrected chi connectivity index (χ4v) is 4.11. The third-order valence-electron chi connectivity index (χ3n) is 3.91. The lowest BCUT2D eigenvalue weighted by Gasteiger charge is -2.36. The van der Waals surface area contributed by atoms with Gasteiger partial charge in [-0.3, -0.25) is 11.3 Å². The van der Waals surface area contributed by atoms with Crippen molar-refractivity contribution in [2.24, 2.45) is 11.8 Å². The van der Waals surface area contributed by atoms with Gasteiger partial charge in [0.05, 0.1) is 11.4 Å². The Bertz CT molecular complexity index is 345. The molecule has 0 bridgehead atoms. The van der Waals surface area contributed by atoms with Crippen molar-refractivity contribution >= 4 is 9.84 Å². The third-order valence-corrected chi connectivity index (χ3v) is 5.55. The summed E-state index contributed by atoms with van der Waals surface area (Å²) >= 11 is 0. The molecule has 0 aromatic heterocycles. The van der Waals surface area contributed by atoms with E-state index in [2.05, 4.69) is 5.43 Å². The van der Waals surface area contributed by atoms with Gasteiger partial charge in [-0.15, -0.1) is 0 Å². The Morgan fingerprint density at radius 2 is 2.11 bits per heavy atom. The van der Waals surface area contributed by atoms with Crippen LogP contribution in [0.15, 0.2) is 0 Å². The van der Waals surface area contributed by atoms with E-state index in [1.807, 2.05) is 13.8 Å². The minimum atomic E-state index is -2.95. The van der Waals surface area contributed by atoms with Gasteiger partial charge in [-0.25, -0.2) is 8.42 Å². The van der Waals surface area contributed by atoms with Crippen LogP contribution in [0.25, 0.3) is 0 Å². The third kappa shape index (κ3) is 4.19. The first-order chi connectivity index (χ1) is 8.40. The maximum Gasteiger partial charge on any atom is 0.150 e. The fraction of sp³-hybridized carbons (Fsp3) is 1.00. The van der Waals surface area contributed by atoms with Gasteiger partial charge in [0.2, 0.25) is 0 Å². The normalized spacial score (nSPS) is 28.9. The second-order valence-corrected chi connectivity index (χ2v) is 7.56. The molecule has 6 heteroatoms. The molecule has 0 aromatic rings. The van der Waals surface area contributed by atoms with Crippen LogP contribution in [-0.4, -0.2) is 38.7 Å². The van der Waals surface area contributed by atoms with Gasteiger partial charge < -0.3 is 4.74 Å². The van der Waals surface area contributed by atoms with Crippen molar-refractivity contribution < 1.29 is 13.2 Å². The first-order valence-electron chi connectivity index (χ1n) is 6.66. The largest absolute Gasteiger partial charge is 0.377 e. The predicted octanol–water partition coefficient (Wildman–Crippen LogP) is 0.847. The number of ether oxygens (including phenoxy) is 1. The zero-order valence-corrected chi connectivity index (χ0v) is 12.4. The molecule has 1 fully saturated rings. The monoisotopic (exact) mass is 278 g/mol. The Kier molecular flexibility index (Phi) is 6.04. The number of hydrazine groups is 1. The van der Waals surface area contributed by atoms with Crippen LogP contribution in [0.2, 0.25) is 0 Å². The van der Waals surface area contributed by atoms with Crippen LogP contribution in [0.3, 0.4) is 0 Å². The highest BCUT2D eigenvalue weighted by atomic mass is 32.2. The maximum atomic E-state index is 11.7. The highest BCUT2D eigenvalue weighted by Crippen LogP contribution is 2.31. The van der Waals surface area contributed by atoms with Crippen LogP contribution in [0.4, 0.5) is 0 Å². The van der Waals surface area contributed by atoms with E-state index in [9.17, 15) is 8.42 Å². The molecule has 0 radical (unpaired) electrons. The van der Waals surface area contributed by atoms with Gasteiger partial charge in [0.15, 0.2) is 0 Å². The Morgan fingerprint density at radius 3 is 2.61 bits per heavy atom. The van der Waals surface area contributed by atoms with E-state index in [1.54, 1.807) is 0 Å². The smallest absolute Gasteiger partial charge is 0.150 e. The number of nitrogens with one attached hydrogen (secondary N) is 1. The lowest BCUT2D eigenvalue weighted by molar-refractivity contribution is 0.0239. The maximum absolute atomic E-state index is 11.7. The zero-order chi connectivity index (χ0) is 13.8. The lowest BCUT2D eigenvalue weighted by Crippen LogP contribution is -2.50. The molecule has 4 unspecified atom stereocenters. The molecule has 3 N–H and O–H groups in total. The van der Waals surface area contributed by atoms with E-state index in [1.165, 1.54) is 6.26 Å². The van der Waals surface area contributed by atoms with Crippen LogP contribution in [0.1, 0.15) is 39.5 Å². The zero-order valence-electron chi connectivity index (χ0n) is 11.6. The Hall–Kier alpha value is -0.170. The summed E-state index contributed by atoms with van der Waals surface area (Å²) in [4.78, 5) is 0. The SMILES string of the molecule is CCOC(C)C(NN)C1CCCC(S(C)(=O)=O)C1. The second kappa shape index (κ2) is 6.84. The fourth-order valence-electron chi connectivity index (χ4n) is 2.92. The van der Waals surface area contributed by atoms with Crippen molar-refractivity contribution in [2.75, 3.05) is 12.9 Å². The molecule has 0 aromatic carbocycles. The molecule has 0 amide bonds. The number of hydrogen-bond donors (Lipinski definition) is 2. The lowest BCUT2D eigenvalue weighted by atomic mass is 9.82. The molecule has 1 rings (SSSR count). The summed E-state index contributed by atoms with van der Waals surface area (Å²) in [5.74, 6) is 5.88. The number of rotatable bonds is 6. The average molecular weight is 278 g/mol. The molecular weight excluding hydrogens is 252 g/mol. The Labute approximate surface area is 110 Å². The quantitative estimate of drug-likeness (QED) is 0.556. The summed E-state index contributed by atoms with van der Waals surface area (Å²) in [5, 5.41) is -0.221. The van der Waals surface area contributed by atoms with Crippen molar-refractivity contribution in [1.82, 2.24) is 5.43 Å². The molecule has 0 saturated heterocycles. The molecule has 108 valence electrons. The van der Waals surface area contributed by atoms with Crippen molar-refractivity contribution in [1.29, 1.82) is 0 Å². The molecule has 5 nitrogen and oxygen atoms in total. The number of hydrogen-bond acceptors (Lipinski definition) is 5. The van der Waals surface area contributed by atoms with Crippen molar-refractivity contribution in [3.63, 3.8) is 0 Å². The van der Waals surface area contributed by atoms with Crippen LogP contribution >= 0.6 is 0 Å². The highest BCUT2D eigenvalue weighted by Gasteiger charge is 2.34. The summed E-state index contributed by atoms with van der Waals surface area (Å²) in [5.41, 5.74) is 2.81. The molecule has 1 saturated carbocycles. The van der Waals surface area contributed by atoms with Crippen LogP contribution in [0, 0.1) is 5.92 Å². The van der Waals surface area contributed by atoms with Crippen molar-refractivity contribution in [2.45, 2.75) is 56.9 Å². The number of sulfone groups is 1. The predicted molar refractivity (Wildman–Crippen MR) is 72.8 cm³/mol. The topological polar surface area (TPSA) is 81.4 Å². The van der Waals surface area contributed by atoms with E-state index in [-0.39, 0.29) is 23.3 Å². The molecule has 18 heavy (non-hydrogen) atoms. The van der Waals surface area contributed by atoms with E-state index >= 15 is 0 Å². The second-order valence-electron chi connectivity index (χ2n) is 5.23. The average Bonchev–Trinajstić information content (AvgIpc) is 2.29. The Morgan fingerprint density at radius 1 is 1.44 bits per heavy atom. The van der Waals surface area contributed by atoms with E-state index in [4.69, 9.17) is 10.6 Å². The minimum absolute atomic E-state index is 0.00307. The molecule has 0 aliphatic heterocycles. The first-order valence-corrected chi connectivity index (χ1v) is 8.62. The van der Waals surface area contributed by atoms with Crippen molar-refractivity contribution in [3.8, 4) is 0 Å². The highest BCUT2D eigenvalue weighted by molar-refractivity contribution is 7.91. The van der Waals surface area contributed by atoms with Gasteiger partial charge in [-0.05, 0) is 39.0 Å². The van der Waals surface area contributed by atoms with Crippen molar-refractivity contribution in [3.05, 3.63) is 0 Å². The van der Waals surface area contributed by atoms with Gasteiger partial charge in [0.25, 0.3) is 0 Å². The van der Waals surface area contributed by atoms with Gasteiger partial charge in [-0.1, -0.05) is 6.42 Å². The van der Waals surface area contributed by atoms with Crippen LogP contribution in [-0.2, 0) is 14.6 Å². The summed E-state index contributed by atoms with van der Waals surface area (Å²) in [6.07, 6.45) is 4.75. The molecule has 0 spiro atoms.